The van der Waals surface area contributed by atoms with E-state index in [-0.39, 0.29) is 17.9 Å². The van der Waals surface area contributed by atoms with Gasteiger partial charge in [-0.2, -0.15) is 0 Å². The molecule has 8 N–H and O–H groups in total. The maximum Gasteiger partial charge on any atom is 0.331 e. The summed E-state index contributed by atoms with van der Waals surface area (Å²) in [6.45, 7) is -1.24. The Morgan fingerprint density at radius 2 is 1.27 bits per heavy atom. The van der Waals surface area contributed by atoms with Gasteiger partial charge in [0, 0.05) is 29.7 Å². The van der Waals surface area contributed by atoms with Gasteiger partial charge in [0.05, 0.1) is 20.3 Å². The van der Waals surface area contributed by atoms with Crippen LogP contribution in [0.15, 0.2) is 48.5 Å². The Labute approximate surface area is 257 Å². The Morgan fingerprint density at radius 1 is 0.711 bits per heavy atom. The molecule has 2 saturated heterocycles. The highest BCUT2D eigenvalue weighted by Gasteiger charge is 2.46. The second-order valence-corrected chi connectivity index (χ2v) is 10.9. The summed E-state index contributed by atoms with van der Waals surface area (Å²) in [4.78, 5) is 12.4. The number of hydrogen-bond donors (Lipinski definition) is 8. The van der Waals surface area contributed by atoms with Crippen molar-refractivity contribution in [2.24, 2.45) is 0 Å². The van der Waals surface area contributed by atoms with E-state index in [9.17, 15) is 45.6 Å². The molecule has 2 aromatic rings. The summed E-state index contributed by atoms with van der Waals surface area (Å²) in [7, 11) is 1.43. The van der Waals surface area contributed by atoms with E-state index in [0.717, 1.165) is 0 Å². The fourth-order valence-electron chi connectivity index (χ4n) is 5.33. The normalized spacial score (nSPS) is 35.0. The first-order chi connectivity index (χ1) is 21.5. The van der Waals surface area contributed by atoms with Crippen molar-refractivity contribution in [3.05, 3.63) is 59.7 Å². The highest BCUT2D eigenvalue weighted by atomic mass is 16.7. The lowest BCUT2D eigenvalue weighted by atomic mass is 9.95. The molecule has 0 aromatic heterocycles. The molecule has 246 valence electrons. The molecule has 11 unspecified atom stereocenters. The molecular formula is C30H36O15. The predicted molar refractivity (Wildman–Crippen MR) is 150 cm³/mol. The summed E-state index contributed by atoms with van der Waals surface area (Å²) >= 11 is 0. The van der Waals surface area contributed by atoms with E-state index < -0.39 is 86.7 Å². The molecule has 0 bridgehead atoms. The van der Waals surface area contributed by atoms with Gasteiger partial charge in [-0.15, -0.1) is 0 Å². The van der Waals surface area contributed by atoms with Crippen molar-refractivity contribution in [3.63, 3.8) is 0 Å². The van der Waals surface area contributed by atoms with Gasteiger partial charge in [0.1, 0.15) is 72.2 Å². The molecule has 0 radical (unpaired) electrons. The van der Waals surface area contributed by atoms with Crippen molar-refractivity contribution >= 4 is 11.5 Å². The molecule has 0 spiro atoms. The molecule has 0 amide bonds. The monoisotopic (exact) mass is 636 g/mol. The maximum absolute atomic E-state index is 12.4. The van der Waals surface area contributed by atoms with E-state index in [1.165, 1.54) is 19.3 Å². The zero-order valence-corrected chi connectivity index (χ0v) is 24.0. The standard InChI is InChI=1S/C30H36O15/c1-40-15-6-7-16(19(9-15)43-30-28(39)26(37)24(35)21(12-32)45-30)17-10-22(33)42-18(17)8-13-2-4-14(5-3-13)41-29-27(38)25(36)23(34)20(11-31)44-29/h2-7,9-10,18,20-21,23-32,34-39H,8,11-12H2,1H3. The van der Waals surface area contributed by atoms with Crippen molar-refractivity contribution in [2.75, 3.05) is 20.3 Å². The van der Waals surface area contributed by atoms with Gasteiger partial charge in [-0.3, -0.25) is 0 Å². The van der Waals surface area contributed by atoms with Gasteiger partial charge in [0.15, 0.2) is 0 Å². The van der Waals surface area contributed by atoms with Crippen LogP contribution in [0.1, 0.15) is 11.1 Å². The van der Waals surface area contributed by atoms with E-state index >= 15 is 0 Å². The molecule has 3 aliphatic rings. The molecule has 5 rings (SSSR count). The van der Waals surface area contributed by atoms with Crippen molar-refractivity contribution in [1.82, 2.24) is 0 Å². The number of aliphatic hydroxyl groups excluding tert-OH is 8. The Kier molecular flexibility index (Phi) is 10.2. The summed E-state index contributed by atoms with van der Waals surface area (Å²) in [5.41, 5.74) is 1.54. The lowest BCUT2D eigenvalue weighted by Crippen LogP contribution is -2.60. The molecule has 2 fully saturated rings. The molecule has 0 aliphatic carbocycles. The first kappa shape index (κ1) is 33.0. The van der Waals surface area contributed by atoms with Crippen molar-refractivity contribution in [3.8, 4) is 17.2 Å². The van der Waals surface area contributed by atoms with Gasteiger partial charge in [0.2, 0.25) is 12.6 Å². The first-order valence-electron chi connectivity index (χ1n) is 14.2. The maximum atomic E-state index is 12.4. The largest absolute Gasteiger partial charge is 0.497 e. The van der Waals surface area contributed by atoms with Gasteiger partial charge in [0.25, 0.3) is 0 Å². The van der Waals surface area contributed by atoms with Gasteiger partial charge in [-0.1, -0.05) is 12.1 Å². The molecule has 15 nitrogen and oxygen atoms in total. The van der Waals surface area contributed by atoms with Crippen molar-refractivity contribution in [1.29, 1.82) is 0 Å². The van der Waals surface area contributed by atoms with E-state index in [4.69, 9.17) is 28.4 Å². The Hall–Kier alpha value is -3.35. The molecule has 3 heterocycles. The van der Waals surface area contributed by atoms with Crippen LogP contribution in [-0.4, -0.2) is 135 Å². The SMILES string of the molecule is COc1ccc(C2=CC(=O)OC2Cc2ccc(OC3OC(CO)C(O)C(O)C3O)cc2)c(OC2OC(CO)C(O)C(O)C2O)c1. The van der Waals surface area contributed by atoms with Crippen LogP contribution in [0.5, 0.6) is 17.2 Å². The number of aliphatic hydroxyl groups is 8. The van der Waals surface area contributed by atoms with E-state index in [1.54, 1.807) is 36.4 Å². The fraction of sp³-hybridized carbons (Fsp3) is 0.500. The zero-order chi connectivity index (χ0) is 32.4. The lowest BCUT2D eigenvalue weighted by molar-refractivity contribution is -0.277. The number of carbonyl (C=O) groups is 1. The third-order valence-electron chi connectivity index (χ3n) is 7.92. The van der Waals surface area contributed by atoms with Crippen LogP contribution in [0.25, 0.3) is 5.57 Å². The number of rotatable bonds is 10. The van der Waals surface area contributed by atoms with Crippen LogP contribution in [0.4, 0.5) is 0 Å². The molecule has 3 aliphatic heterocycles. The van der Waals surface area contributed by atoms with E-state index in [0.29, 0.717) is 22.4 Å². The third-order valence-corrected chi connectivity index (χ3v) is 7.92. The number of benzene rings is 2. The second-order valence-electron chi connectivity index (χ2n) is 10.9. The second kappa shape index (κ2) is 14.0. The summed E-state index contributed by atoms with van der Waals surface area (Å²) in [6.07, 6.45) is -14.0. The molecule has 11 atom stereocenters. The van der Waals surface area contributed by atoms with Gasteiger partial charge in [-0.25, -0.2) is 4.79 Å². The average molecular weight is 637 g/mol. The fourth-order valence-corrected chi connectivity index (χ4v) is 5.33. The number of ether oxygens (including phenoxy) is 6. The number of carbonyl (C=O) groups excluding carboxylic acids is 1. The minimum absolute atomic E-state index is 0.108. The van der Waals surface area contributed by atoms with Crippen LogP contribution in [0, 0.1) is 0 Å². The molecule has 0 saturated carbocycles. The third kappa shape index (κ3) is 6.92. The topological polar surface area (TPSA) is 234 Å². The Bertz CT molecular complexity index is 1350. The first-order valence-corrected chi connectivity index (χ1v) is 14.2. The van der Waals surface area contributed by atoms with Crippen LogP contribution < -0.4 is 14.2 Å². The van der Waals surface area contributed by atoms with Gasteiger partial charge < -0.3 is 69.3 Å². The van der Waals surface area contributed by atoms with Crippen LogP contribution >= 0.6 is 0 Å². The molecular weight excluding hydrogens is 600 g/mol. The lowest BCUT2D eigenvalue weighted by Gasteiger charge is -2.39. The van der Waals surface area contributed by atoms with Crippen LogP contribution in [0.3, 0.4) is 0 Å². The average Bonchev–Trinajstić information content (AvgIpc) is 3.41. The van der Waals surface area contributed by atoms with Gasteiger partial charge in [-0.05, 0) is 29.8 Å². The van der Waals surface area contributed by atoms with Crippen molar-refractivity contribution in [2.45, 2.75) is 73.9 Å². The number of hydrogen-bond acceptors (Lipinski definition) is 15. The van der Waals surface area contributed by atoms with E-state index in [1.807, 2.05) is 0 Å². The van der Waals surface area contributed by atoms with Crippen LogP contribution in [-0.2, 0) is 25.4 Å². The minimum atomic E-state index is -1.67. The molecule has 45 heavy (non-hydrogen) atoms. The summed E-state index contributed by atoms with van der Waals surface area (Å²) in [5, 5.41) is 80.0. The van der Waals surface area contributed by atoms with Crippen LogP contribution in [0.2, 0.25) is 0 Å². The smallest absolute Gasteiger partial charge is 0.331 e. The summed E-state index contributed by atoms with van der Waals surface area (Å²) in [5.74, 6) is 0.132. The Balaban J connectivity index is 1.32. The quantitative estimate of drug-likeness (QED) is 0.127. The highest BCUT2D eigenvalue weighted by Crippen LogP contribution is 2.38. The minimum Gasteiger partial charge on any atom is -0.497 e. The number of methoxy groups -OCH3 is 1. The molecule has 2 aromatic carbocycles. The summed E-state index contributed by atoms with van der Waals surface area (Å²) < 4.78 is 33.3. The Morgan fingerprint density at radius 3 is 1.82 bits per heavy atom. The predicted octanol–water partition coefficient (Wildman–Crippen LogP) is -2.40. The number of cyclic esters (lactones) is 1. The molecule has 15 heteroatoms. The zero-order valence-electron chi connectivity index (χ0n) is 24.0. The number of esters is 1. The van der Waals surface area contributed by atoms with Gasteiger partial charge >= 0.3 is 5.97 Å². The van der Waals surface area contributed by atoms with E-state index in [2.05, 4.69) is 0 Å². The highest BCUT2D eigenvalue weighted by molar-refractivity contribution is 5.98. The summed E-state index contributed by atoms with van der Waals surface area (Å²) in [6, 6.07) is 11.2. The van der Waals surface area contributed by atoms with Crippen molar-refractivity contribution < 1.29 is 74.1 Å².